The average molecular weight is 287 g/mol. The lowest BCUT2D eigenvalue weighted by Crippen LogP contribution is -2.38. The van der Waals surface area contributed by atoms with Crippen LogP contribution >= 0.6 is 0 Å². The molecular formula is C16H21N3O2. The summed E-state index contributed by atoms with van der Waals surface area (Å²) in [6, 6.07) is 8.89. The molecule has 0 aliphatic carbocycles. The van der Waals surface area contributed by atoms with Crippen molar-refractivity contribution in [1.82, 2.24) is 4.90 Å². The number of amides is 1. The van der Waals surface area contributed by atoms with Crippen LogP contribution in [0.15, 0.2) is 24.3 Å². The van der Waals surface area contributed by atoms with E-state index < -0.39 is 0 Å². The highest BCUT2D eigenvalue weighted by atomic mass is 16.3. The van der Waals surface area contributed by atoms with Crippen molar-refractivity contribution in [3.8, 4) is 6.07 Å². The number of aliphatic hydroxyl groups excluding tert-OH is 1. The van der Waals surface area contributed by atoms with E-state index in [2.05, 4.69) is 10.2 Å². The van der Waals surface area contributed by atoms with Gasteiger partial charge in [-0.15, -0.1) is 0 Å². The van der Waals surface area contributed by atoms with E-state index in [9.17, 15) is 9.90 Å². The monoisotopic (exact) mass is 287 g/mol. The Morgan fingerprint density at radius 3 is 2.86 bits per heavy atom. The van der Waals surface area contributed by atoms with Gasteiger partial charge in [-0.2, -0.15) is 5.26 Å². The molecule has 1 aromatic rings. The minimum Gasteiger partial charge on any atom is -0.396 e. The molecule has 0 saturated carbocycles. The molecule has 5 nitrogen and oxygen atoms in total. The van der Waals surface area contributed by atoms with Gasteiger partial charge in [0.15, 0.2) is 0 Å². The molecule has 2 rings (SSSR count). The predicted octanol–water partition coefficient (Wildman–Crippen LogP) is 1.59. The Morgan fingerprint density at radius 2 is 2.19 bits per heavy atom. The van der Waals surface area contributed by atoms with E-state index in [1.54, 1.807) is 24.3 Å². The van der Waals surface area contributed by atoms with Gasteiger partial charge in [-0.25, -0.2) is 0 Å². The molecular weight excluding hydrogens is 266 g/mol. The fraction of sp³-hybridized carbons (Fsp3) is 0.500. The van der Waals surface area contributed by atoms with Crippen LogP contribution < -0.4 is 5.32 Å². The van der Waals surface area contributed by atoms with Gasteiger partial charge in [-0.1, -0.05) is 0 Å². The number of piperidine rings is 1. The molecule has 1 atom stereocenters. The number of anilines is 1. The Balaban J connectivity index is 1.75. The molecule has 1 aromatic carbocycles. The van der Waals surface area contributed by atoms with Gasteiger partial charge in [0.1, 0.15) is 0 Å². The zero-order valence-electron chi connectivity index (χ0n) is 12.1. The number of carbonyl (C=O) groups excluding carboxylic acids is 1. The minimum absolute atomic E-state index is 0.0224. The van der Waals surface area contributed by atoms with Crippen LogP contribution in [0.4, 0.5) is 5.69 Å². The summed E-state index contributed by atoms with van der Waals surface area (Å²) in [5.74, 6) is 0.325. The van der Waals surface area contributed by atoms with Crippen molar-refractivity contribution in [1.29, 1.82) is 5.26 Å². The number of likely N-dealkylation sites (tertiary alicyclic amines) is 1. The third kappa shape index (κ3) is 4.85. The molecule has 2 N–H and O–H groups in total. The molecule has 1 aliphatic heterocycles. The van der Waals surface area contributed by atoms with Crippen LogP contribution in [0.2, 0.25) is 0 Å². The van der Waals surface area contributed by atoms with Gasteiger partial charge in [0.05, 0.1) is 11.6 Å². The molecule has 1 amide bonds. The highest BCUT2D eigenvalue weighted by molar-refractivity contribution is 5.90. The van der Waals surface area contributed by atoms with E-state index >= 15 is 0 Å². The molecule has 1 fully saturated rings. The zero-order valence-corrected chi connectivity index (χ0v) is 12.1. The number of aliphatic hydroxyl groups is 1. The van der Waals surface area contributed by atoms with Gasteiger partial charge in [0, 0.05) is 31.8 Å². The molecule has 1 saturated heterocycles. The fourth-order valence-electron chi connectivity index (χ4n) is 2.61. The lowest BCUT2D eigenvalue weighted by Gasteiger charge is -2.31. The summed E-state index contributed by atoms with van der Waals surface area (Å²) >= 11 is 0. The number of rotatable bonds is 5. The quantitative estimate of drug-likeness (QED) is 0.862. The van der Waals surface area contributed by atoms with Crippen molar-refractivity contribution in [3.05, 3.63) is 29.8 Å². The third-order valence-corrected chi connectivity index (χ3v) is 3.81. The number of nitrogens with one attached hydrogen (secondary N) is 1. The SMILES string of the molecule is N#Cc1ccc(NC(=O)CCN2CCCC(CO)C2)cc1. The number of benzene rings is 1. The van der Waals surface area contributed by atoms with Crippen LogP contribution in [0.1, 0.15) is 24.8 Å². The van der Waals surface area contributed by atoms with E-state index in [0.717, 1.165) is 32.5 Å². The van der Waals surface area contributed by atoms with Gasteiger partial charge < -0.3 is 15.3 Å². The smallest absolute Gasteiger partial charge is 0.225 e. The number of carbonyl (C=O) groups is 1. The normalized spacial score (nSPS) is 19.0. The van der Waals surface area contributed by atoms with Crippen molar-refractivity contribution in [2.75, 3.05) is 31.6 Å². The predicted molar refractivity (Wildman–Crippen MR) is 80.7 cm³/mol. The molecule has 0 radical (unpaired) electrons. The van der Waals surface area contributed by atoms with Gasteiger partial charge in [0.2, 0.25) is 5.91 Å². The first-order valence-electron chi connectivity index (χ1n) is 7.34. The first kappa shape index (κ1) is 15.5. The Morgan fingerprint density at radius 1 is 1.43 bits per heavy atom. The highest BCUT2D eigenvalue weighted by Crippen LogP contribution is 2.16. The van der Waals surface area contributed by atoms with Gasteiger partial charge in [0.25, 0.3) is 0 Å². The van der Waals surface area contributed by atoms with Crippen molar-refractivity contribution in [3.63, 3.8) is 0 Å². The standard InChI is InChI=1S/C16H21N3O2/c17-10-13-3-5-15(6-4-13)18-16(21)7-9-19-8-1-2-14(11-19)12-20/h3-6,14,20H,1-2,7-9,11-12H2,(H,18,21). The molecule has 5 heteroatoms. The first-order valence-corrected chi connectivity index (χ1v) is 7.34. The van der Waals surface area contributed by atoms with E-state index in [-0.39, 0.29) is 12.5 Å². The maximum absolute atomic E-state index is 11.9. The molecule has 0 spiro atoms. The molecule has 21 heavy (non-hydrogen) atoms. The topological polar surface area (TPSA) is 76.4 Å². The number of nitrogens with zero attached hydrogens (tertiary/aromatic N) is 2. The van der Waals surface area contributed by atoms with E-state index in [1.807, 2.05) is 6.07 Å². The summed E-state index contributed by atoms with van der Waals surface area (Å²) in [6.07, 6.45) is 2.60. The number of nitriles is 1. The molecule has 1 heterocycles. The first-order chi connectivity index (χ1) is 10.2. The Kier molecular flexibility index (Phi) is 5.73. The van der Waals surface area contributed by atoms with Crippen molar-refractivity contribution < 1.29 is 9.90 Å². The van der Waals surface area contributed by atoms with Gasteiger partial charge in [-0.05, 0) is 49.6 Å². The number of hydrogen-bond acceptors (Lipinski definition) is 4. The Hall–Kier alpha value is -1.90. The van der Waals surface area contributed by atoms with Crippen LogP contribution in [0.5, 0.6) is 0 Å². The van der Waals surface area contributed by atoms with Gasteiger partial charge in [-0.3, -0.25) is 4.79 Å². The Labute approximate surface area is 125 Å². The molecule has 1 aliphatic rings. The summed E-state index contributed by atoms with van der Waals surface area (Å²) in [6.45, 7) is 2.83. The second kappa shape index (κ2) is 7.77. The maximum Gasteiger partial charge on any atom is 0.225 e. The van der Waals surface area contributed by atoms with E-state index in [4.69, 9.17) is 5.26 Å². The fourth-order valence-corrected chi connectivity index (χ4v) is 2.61. The summed E-state index contributed by atoms with van der Waals surface area (Å²) in [4.78, 5) is 14.1. The third-order valence-electron chi connectivity index (χ3n) is 3.81. The zero-order chi connectivity index (χ0) is 15.1. The molecule has 0 bridgehead atoms. The average Bonchev–Trinajstić information content (AvgIpc) is 2.54. The highest BCUT2D eigenvalue weighted by Gasteiger charge is 2.19. The summed E-state index contributed by atoms with van der Waals surface area (Å²) < 4.78 is 0. The Bertz CT molecular complexity index is 507. The van der Waals surface area contributed by atoms with Crippen molar-refractivity contribution >= 4 is 11.6 Å². The number of hydrogen-bond donors (Lipinski definition) is 2. The lowest BCUT2D eigenvalue weighted by molar-refractivity contribution is -0.116. The van der Waals surface area contributed by atoms with Crippen LogP contribution in [0, 0.1) is 17.2 Å². The van der Waals surface area contributed by atoms with Crippen molar-refractivity contribution in [2.24, 2.45) is 5.92 Å². The summed E-state index contributed by atoms with van der Waals surface area (Å²) in [7, 11) is 0. The van der Waals surface area contributed by atoms with Crippen LogP contribution in [0.25, 0.3) is 0 Å². The maximum atomic E-state index is 11.9. The molecule has 112 valence electrons. The van der Waals surface area contributed by atoms with Crippen molar-refractivity contribution in [2.45, 2.75) is 19.3 Å². The summed E-state index contributed by atoms with van der Waals surface area (Å²) in [5, 5.41) is 20.7. The lowest BCUT2D eigenvalue weighted by atomic mass is 9.99. The molecule has 1 unspecified atom stereocenters. The largest absolute Gasteiger partial charge is 0.396 e. The van der Waals surface area contributed by atoms with E-state index in [1.165, 1.54) is 0 Å². The van der Waals surface area contributed by atoms with E-state index in [0.29, 0.717) is 23.6 Å². The second-order valence-electron chi connectivity index (χ2n) is 5.48. The van der Waals surface area contributed by atoms with Crippen LogP contribution in [-0.2, 0) is 4.79 Å². The van der Waals surface area contributed by atoms with Crippen LogP contribution in [0.3, 0.4) is 0 Å². The minimum atomic E-state index is -0.0224. The van der Waals surface area contributed by atoms with Crippen LogP contribution in [-0.4, -0.2) is 42.2 Å². The summed E-state index contributed by atoms with van der Waals surface area (Å²) in [5.41, 5.74) is 1.29. The van der Waals surface area contributed by atoms with Gasteiger partial charge >= 0.3 is 0 Å². The second-order valence-corrected chi connectivity index (χ2v) is 5.48. The molecule has 0 aromatic heterocycles.